The summed E-state index contributed by atoms with van der Waals surface area (Å²) in [6.45, 7) is 2.64. The summed E-state index contributed by atoms with van der Waals surface area (Å²) < 4.78 is 0. The van der Waals surface area contributed by atoms with Crippen molar-refractivity contribution in [1.29, 1.82) is 0 Å². The zero-order valence-corrected chi connectivity index (χ0v) is 10.9. The first-order chi connectivity index (χ1) is 8.64. The largest absolute Gasteiger partial charge is 0.388 e. The number of rotatable bonds is 5. The highest BCUT2D eigenvalue weighted by Gasteiger charge is 2.31. The Balaban J connectivity index is 2.06. The molecule has 0 radical (unpaired) electrons. The summed E-state index contributed by atoms with van der Waals surface area (Å²) in [5.41, 5.74) is 6.25. The first-order valence-electron chi connectivity index (χ1n) is 6.70. The minimum atomic E-state index is -0.580. The van der Waals surface area contributed by atoms with Crippen LogP contribution in [0.1, 0.15) is 44.6 Å². The van der Waals surface area contributed by atoms with E-state index in [1.165, 1.54) is 6.33 Å². The van der Waals surface area contributed by atoms with Gasteiger partial charge in [0.25, 0.3) is 0 Å². The number of nitrogens with zero attached hydrogens (tertiary/aromatic N) is 2. The van der Waals surface area contributed by atoms with Gasteiger partial charge in [0.1, 0.15) is 18.0 Å². The lowest BCUT2D eigenvalue weighted by Gasteiger charge is -2.23. The van der Waals surface area contributed by atoms with Crippen molar-refractivity contribution in [1.82, 2.24) is 9.97 Å². The lowest BCUT2D eigenvalue weighted by atomic mass is 10.0. The lowest BCUT2D eigenvalue weighted by Crippen LogP contribution is -2.34. The van der Waals surface area contributed by atoms with Crippen molar-refractivity contribution in [2.24, 2.45) is 0 Å². The van der Waals surface area contributed by atoms with Gasteiger partial charge >= 0.3 is 0 Å². The molecule has 0 aliphatic heterocycles. The molecule has 1 aromatic heterocycles. The number of nitrogen functional groups attached to an aromatic ring is 1. The zero-order valence-electron chi connectivity index (χ0n) is 10.9. The number of aromatic nitrogens is 2. The molecule has 0 unspecified atom stereocenters. The quantitative estimate of drug-likeness (QED) is 0.741. The van der Waals surface area contributed by atoms with Crippen LogP contribution in [0.25, 0.3) is 0 Å². The molecule has 100 valence electrons. The first-order valence-corrected chi connectivity index (χ1v) is 6.70. The van der Waals surface area contributed by atoms with Crippen LogP contribution in [0.15, 0.2) is 6.33 Å². The van der Waals surface area contributed by atoms with Crippen molar-refractivity contribution in [2.45, 2.75) is 51.0 Å². The highest BCUT2D eigenvalue weighted by Crippen LogP contribution is 2.30. The predicted octanol–water partition coefficient (Wildman–Crippen LogP) is 1.73. The van der Waals surface area contributed by atoms with Crippen molar-refractivity contribution in [3.05, 3.63) is 11.9 Å². The van der Waals surface area contributed by atoms with E-state index >= 15 is 0 Å². The maximum atomic E-state index is 10.3. The summed E-state index contributed by atoms with van der Waals surface area (Å²) in [4.78, 5) is 8.26. The fourth-order valence-corrected chi connectivity index (χ4v) is 2.53. The predicted molar refractivity (Wildman–Crippen MR) is 72.3 cm³/mol. The van der Waals surface area contributed by atoms with Crippen LogP contribution in [0.4, 0.5) is 11.6 Å². The van der Waals surface area contributed by atoms with Crippen LogP contribution in [0.3, 0.4) is 0 Å². The Morgan fingerprint density at radius 1 is 1.39 bits per heavy atom. The van der Waals surface area contributed by atoms with Crippen LogP contribution in [0, 0.1) is 0 Å². The SMILES string of the molecule is CCCc1c(N)ncnc1NCC1(O)CCCC1. The van der Waals surface area contributed by atoms with Gasteiger partial charge in [-0.05, 0) is 19.3 Å². The fourth-order valence-electron chi connectivity index (χ4n) is 2.53. The van der Waals surface area contributed by atoms with Gasteiger partial charge in [0.2, 0.25) is 0 Å². The number of hydrogen-bond donors (Lipinski definition) is 3. The molecule has 1 saturated carbocycles. The lowest BCUT2D eigenvalue weighted by molar-refractivity contribution is 0.0614. The van der Waals surface area contributed by atoms with Gasteiger partial charge in [0, 0.05) is 12.1 Å². The van der Waals surface area contributed by atoms with E-state index in [1.54, 1.807) is 0 Å². The molecule has 1 fully saturated rings. The number of hydrogen-bond acceptors (Lipinski definition) is 5. The molecule has 0 amide bonds. The topological polar surface area (TPSA) is 84.1 Å². The van der Waals surface area contributed by atoms with Crippen LogP contribution in [0.5, 0.6) is 0 Å². The Morgan fingerprint density at radius 2 is 2.11 bits per heavy atom. The molecule has 1 aliphatic rings. The minimum Gasteiger partial charge on any atom is -0.388 e. The van der Waals surface area contributed by atoms with Crippen LogP contribution in [-0.4, -0.2) is 27.2 Å². The second-order valence-electron chi connectivity index (χ2n) is 5.12. The maximum Gasteiger partial charge on any atom is 0.134 e. The molecule has 0 atom stereocenters. The Morgan fingerprint density at radius 3 is 2.78 bits per heavy atom. The van der Waals surface area contributed by atoms with Crippen LogP contribution in [-0.2, 0) is 6.42 Å². The molecule has 1 aromatic rings. The third-order valence-corrected chi connectivity index (χ3v) is 3.60. The number of nitrogens with two attached hydrogens (primary N) is 1. The second kappa shape index (κ2) is 5.52. The van der Waals surface area contributed by atoms with Gasteiger partial charge in [-0.15, -0.1) is 0 Å². The summed E-state index contributed by atoms with van der Waals surface area (Å²) >= 11 is 0. The van der Waals surface area contributed by atoms with Crippen LogP contribution >= 0.6 is 0 Å². The van der Waals surface area contributed by atoms with Gasteiger partial charge < -0.3 is 16.2 Å². The van der Waals surface area contributed by atoms with E-state index in [2.05, 4.69) is 22.2 Å². The summed E-state index contributed by atoms with van der Waals surface area (Å²) in [6, 6.07) is 0. The molecule has 0 saturated heterocycles. The Bertz CT molecular complexity index is 402. The molecule has 4 N–H and O–H groups in total. The van der Waals surface area contributed by atoms with Gasteiger partial charge in [0.05, 0.1) is 5.60 Å². The van der Waals surface area contributed by atoms with E-state index in [-0.39, 0.29) is 0 Å². The van der Waals surface area contributed by atoms with Crippen molar-refractivity contribution in [3.63, 3.8) is 0 Å². The van der Waals surface area contributed by atoms with Gasteiger partial charge in [-0.25, -0.2) is 9.97 Å². The van der Waals surface area contributed by atoms with Crippen LogP contribution < -0.4 is 11.1 Å². The van der Waals surface area contributed by atoms with Crippen molar-refractivity contribution in [2.75, 3.05) is 17.6 Å². The molecular weight excluding hydrogens is 228 g/mol. The third kappa shape index (κ3) is 2.90. The number of aliphatic hydroxyl groups is 1. The summed E-state index contributed by atoms with van der Waals surface area (Å²) in [6.07, 6.45) is 7.25. The van der Waals surface area contributed by atoms with E-state index in [0.717, 1.165) is 49.9 Å². The molecule has 1 heterocycles. The molecule has 5 nitrogen and oxygen atoms in total. The molecule has 2 rings (SSSR count). The molecule has 5 heteroatoms. The van der Waals surface area contributed by atoms with Crippen LogP contribution in [0.2, 0.25) is 0 Å². The Labute approximate surface area is 108 Å². The van der Waals surface area contributed by atoms with E-state index < -0.39 is 5.60 Å². The van der Waals surface area contributed by atoms with Gasteiger partial charge in [-0.1, -0.05) is 26.2 Å². The first kappa shape index (κ1) is 13.1. The fraction of sp³-hybridized carbons (Fsp3) is 0.692. The van der Waals surface area contributed by atoms with Crippen molar-refractivity contribution in [3.8, 4) is 0 Å². The van der Waals surface area contributed by atoms with E-state index in [1.807, 2.05) is 0 Å². The molecule has 0 bridgehead atoms. The Kier molecular flexibility index (Phi) is 4.01. The maximum absolute atomic E-state index is 10.3. The number of anilines is 2. The van der Waals surface area contributed by atoms with E-state index in [9.17, 15) is 5.11 Å². The average Bonchev–Trinajstić information content (AvgIpc) is 2.78. The highest BCUT2D eigenvalue weighted by molar-refractivity contribution is 5.55. The van der Waals surface area contributed by atoms with E-state index in [0.29, 0.717) is 12.4 Å². The monoisotopic (exact) mass is 250 g/mol. The minimum absolute atomic E-state index is 0.535. The third-order valence-electron chi connectivity index (χ3n) is 3.60. The average molecular weight is 250 g/mol. The normalized spacial score (nSPS) is 17.9. The highest BCUT2D eigenvalue weighted by atomic mass is 16.3. The summed E-state index contributed by atoms with van der Waals surface area (Å²) in [5, 5.41) is 13.5. The van der Waals surface area contributed by atoms with Gasteiger partial charge in [0.15, 0.2) is 0 Å². The summed E-state index contributed by atoms with van der Waals surface area (Å²) in [5.74, 6) is 1.30. The smallest absolute Gasteiger partial charge is 0.134 e. The molecule has 1 aliphatic carbocycles. The molecule has 18 heavy (non-hydrogen) atoms. The standard InChI is InChI=1S/C13H22N4O/c1-2-5-10-11(14)16-9-17-12(10)15-8-13(18)6-3-4-7-13/h9,18H,2-8H2,1H3,(H3,14,15,16,17). The second-order valence-corrected chi connectivity index (χ2v) is 5.12. The van der Waals surface area contributed by atoms with Crippen molar-refractivity contribution < 1.29 is 5.11 Å². The number of nitrogens with one attached hydrogen (secondary N) is 1. The summed E-state index contributed by atoms with van der Waals surface area (Å²) in [7, 11) is 0. The van der Waals surface area contributed by atoms with E-state index in [4.69, 9.17) is 5.73 Å². The molecular formula is C13H22N4O. The van der Waals surface area contributed by atoms with Crippen molar-refractivity contribution >= 4 is 11.6 Å². The van der Waals surface area contributed by atoms with Gasteiger partial charge in [-0.2, -0.15) is 0 Å². The zero-order chi connectivity index (χ0) is 13.0. The van der Waals surface area contributed by atoms with Gasteiger partial charge in [-0.3, -0.25) is 0 Å². The molecule has 0 spiro atoms. The Hall–Kier alpha value is -1.36. The molecule has 0 aromatic carbocycles.